The Morgan fingerprint density at radius 2 is 1.88 bits per heavy atom. The fourth-order valence-electron chi connectivity index (χ4n) is 7.44. The van der Waals surface area contributed by atoms with Crippen LogP contribution >= 0.6 is 0 Å². The molecule has 0 aromatic carbocycles. The van der Waals surface area contributed by atoms with E-state index in [9.17, 15) is 9.90 Å². The van der Waals surface area contributed by atoms with E-state index >= 15 is 0 Å². The van der Waals surface area contributed by atoms with Gasteiger partial charge in [0.25, 0.3) is 0 Å². The summed E-state index contributed by atoms with van der Waals surface area (Å²) in [5, 5.41) is 10.1. The molecular weight excluding hydrogens is 312 g/mol. The third kappa shape index (κ3) is 1.94. The van der Waals surface area contributed by atoms with Gasteiger partial charge < -0.3 is 9.84 Å². The van der Waals surface area contributed by atoms with Crippen molar-refractivity contribution in [2.45, 2.75) is 76.9 Å². The Kier molecular flexibility index (Phi) is 3.22. The lowest BCUT2D eigenvalue weighted by molar-refractivity contribution is -0.165. The molecule has 1 saturated heterocycles. The Hall–Kier alpha value is -1.09. The molecule has 5 rings (SSSR count). The number of carbonyl (C=O) groups is 1. The van der Waals surface area contributed by atoms with Crippen LogP contribution in [0.1, 0.15) is 65.2 Å². The molecule has 1 N–H and O–H groups in total. The molecule has 1 spiro atoms. The van der Waals surface area contributed by atoms with Gasteiger partial charge >= 0.3 is 5.97 Å². The van der Waals surface area contributed by atoms with E-state index in [1.165, 1.54) is 24.8 Å². The summed E-state index contributed by atoms with van der Waals surface area (Å²) < 4.78 is 6.00. The van der Waals surface area contributed by atoms with Gasteiger partial charge in [-0.25, -0.2) is 0 Å². The standard InChI is InChI=1S/C22H30O3/c1-20-9-5-15(23)13-14(20)3-4-16-17(20)6-10-21(2)18(16)7-11-22(21)12-8-19(24)25-22/h3-4,13,15-18,23H,5-12H2,1-2H3/t15-,16+,17-,18-,20+,21+,22-/m1/s1. The van der Waals surface area contributed by atoms with Crippen molar-refractivity contribution in [1.29, 1.82) is 0 Å². The van der Waals surface area contributed by atoms with Crippen molar-refractivity contribution in [3.63, 3.8) is 0 Å². The lowest BCUT2D eigenvalue weighted by Crippen LogP contribution is -2.53. The highest BCUT2D eigenvalue weighted by atomic mass is 16.6. The van der Waals surface area contributed by atoms with E-state index in [0.29, 0.717) is 24.2 Å². The molecular formula is C22H30O3. The average Bonchev–Trinajstić information content (AvgIpc) is 3.10. The molecule has 2 saturated carbocycles. The molecule has 0 bridgehead atoms. The summed E-state index contributed by atoms with van der Waals surface area (Å²) in [6, 6.07) is 0. The SMILES string of the molecule is C[C@]12CC[C@@H](O)C=C1C=C[C@H]1[C@H]2CC[C@@]2(C)[C@@H]1CC[C@@]21CCC(=O)O1. The topological polar surface area (TPSA) is 46.5 Å². The zero-order chi connectivity index (χ0) is 17.4. The van der Waals surface area contributed by atoms with Crippen LogP contribution in [0.5, 0.6) is 0 Å². The van der Waals surface area contributed by atoms with Crippen LogP contribution in [0.4, 0.5) is 0 Å². The average molecular weight is 342 g/mol. The molecule has 25 heavy (non-hydrogen) atoms. The number of carbonyl (C=O) groups excluding carboxylic acids is 1. The van der Waals surface area contributed by atoms with Crippen LogP contribution in [0.15, 0.2) is 23.8 Å². The van der Waals surface area contributed by atoms with Crippen molar-refractivity contribution in [1.82, 2.24) is 0 Å². The first-order valence-corrected chi connectivity index (χ1v) is 10.2. The molecule has 0 aromatic heterocycles. The van der Waals surface area contributed by atoms with Crippen LogP contribution in [-0.2, 0) is 9.53 Å². The molecule has 4 aliphatic carbocycles. The van der Waals surface area contributed by atoms with E-state index in [1.807, 2.05) is 0 Å². The third-order valence-electron chi connectivity index (χ3n) is 8.97. The van der Waals surface area contributed by atoms with Crippen molar-refractivity contribution in [3.8, 4) is 0 Å². The zero-order valence-corrected chi connectivity index (χ0v) is 15.5. The molecule has 1 heterocycles. The molecule has 136 valence electrons. The van der Waals surface area contributed by atoms with Gasteiger partial charge in [-0.1, -0.05) is 32.1 Å². The molecule has 0 aromatic rings. The Bertz CT molecular complexity index is 679. The van der Waals surface area contributed by atoms with Crippen molar-refractivity contribution < 1.29 is 14.6 Å². The molecule has 7 atom stereocenters. The van der Waals surface area contributed by atoms with Gasteiger partial charge in [0.15, 0.2) is 0 Å². The number of aliphatic hydroxyl groups is 1. The molecule has 1 aliphatic heterocycles. The Balaban J connectivity index is 1.52. The first-order chi connectivity index (χ1) is 11.9. The summed E-state index contributed by atoms with van der Waals surface area (Å²) >= 11 is 0. The quantitative estimate of drug-likeness (QED) is 0.672. The summed E-state index contributed by atoms with van der Waals surface area (Å²) in [6.45, 7) is 4.83. The van der Waals surface area contributed by atoms with Gasteiger partial charge in [-0.05, 0) is 73.7 Å². The maximum Gasteiger partial charge on any atom is 0.306 e. The van der Waals surface area contributed by atoms with Crippen LogP contribution in [0.25, 0.3) is 0 Å². The van der Waals surface area contributed by atoms with Gasteiger partial charge in [0.05, 0.1) is 6.10 Å². The second-order valence-electron chi connectivity index (χ2n) is 9.76. The number of rotatable bonds is 0. The molecule has 3 heteroatoms. The first-order valence-electron chi connectivity index (χ1n) is 10.2. The Labute approximate surface area is 150 Å². The Morgan fingerprint density at radius 3 is 2.64 bits per heavy atom. The highest BCUT2D eigenvalue weighted by Gasteiger charge is 2.66. The number of hydrogen-bond donors (Lipinski definition) is 1. The molecule has 3 fully saturated rings. The lowest BCUT2D eigenvalue weighted by Gasteiger charge is -2.57. The van der Waals surface area contributed by atoms with Crippen LogP contribution < -0.4 is 0 Å². The summed E-state index contributed by atoms with van der Waals surface area (Å²) in [7, 11) is 0. The first kappa shape index (κ1) is 16.1. The highest BCUT2D eigenvalue weighted by Crippen LogP contribution is 2.68. The number of ether oxygens (including phenoxy) is 1. The van der Waals surface area contributed by atoms with Gasteiger partial charge in [-0.15, -0.1) is 0 Å². The number of esters is 1. The van der Waals surface area contributed by atoms with E-state index in [1.54, 1.807) is 0 Å². The van der Waals surface area contributed by atoms with Gasteiger partial charge in [0, 0.05) is 11.8 Å². The number of aliphatic hydroxyl groups excluding tert-OH is 1. The fourth-order valence-corrected chi connectivity index (χ4v) is 7.44. The lowest BCUT2D eigenvalue weighted by atomic mass is 9.48. The predicted molar refractivity (Wildman–Crippen MR) is 95.7 cm³/mol. The normalized spacial score (nSPS) is 53.9. The van der Waals surface area contributed by atoms with Crippen LogP contribution in [0, 0.1) is 28.6 Å². The maximum atomic E-state index is 11.9. The smallest absolute Gasteiger partial charge is 0.306 e. The second-order valence-corrected chi connectivity index (χ2v) is 9.76. The monoisotopic (exact) mass is 342 g/mol. The van der Waals surface area contributed by atoms with E-state index in [4.69, 9.17) is 4.74 Å². The van der Waals surface area contributed by atoms with Crippen LogP contribution in [0.2, 0.25) is 0 Å². The minimum atomic E-state index is -0.272. The molecule has 0 radical (unpaired) electrons. The van der Waals surface area contributed by atoms with E-state index in [-0.39, 0.29) is 28.5 Å². The zero-order valence-electron chi connectivity index (χ0n) is 15.5. The van der Waals surface area contributed by atoms with Gasteiger partial charge in [0.1, 0.15) is 5.60 Å². The van der Waals surface area contributed by atoms with Crippen molar-refractivity contribution >= 4 is 5.97 Å². The van der Waals surface area contributed by atoms with Crippen molar-refractivity contribution in [2.75, 3.05) is 0 Å². The Morgan fingerprint density at radius 1 is 1.08 bits per heavy atom. The minimum absolute atomic E-state index is 0.0154. The fraction of sp³-hybridized carbons (Fsp3) is 0.773. The van der Waals surface area contributed by atoms with Crippen molar-refractivity contribution in [3.05, 3.63) is 23.8 Å². The van der Waals surface area contributed by atoms with Crippen molar-refractivity contribution in [2.24, 2.45) is 28.6 Å². The summed E-state index contributed by atoms with van der Waals surface area (Å²) in [4.78, 5) is 11.9. The maximum absolute atomic E-state index is 11.9. The minimum Gasteiger partial charge on any atom is -0.458 e. The van der Waals surface area contributed by atoms with Crippen LogP contribution in [-0.4, -0.2) is 22.8 Å². The molecule has 5 aliphatic rings. The second kappa shape index (κ2) is 5.00. The largest absolute Gasteiger partial charge is 0.458 e. The van der Waals surface area contributed by atoms with Gasteiger partial charge in [-0.2, -0.15) is 0 Å². The van der Waals surface area contributed by atoms with E-state index in [0.717, 1.165) is 25.7 Å². The summed E-state index contributed by atoms with van der Waals surface area (Å²) in [6.07, 6.45) is 14.7. The number of hydrogen-bond acceptors (Lipinski definition) is 3. The third-order valence-corrected chi connectivity index (χ3v) is 8.97. The van der Waals surface area contributed by atoms with Crippen LogP contribution in [0.3, 0.4) is 0 Å². The number of allylic oxidation sites excluding steroid dienone is 3. The molecule has 3 nitrogen and oxygen atoms in total. The molecule has 0 unspecified atom stereocenters. The summed E-state index contributed by atoms with van der Waals surface area (Å²) in [5.74, 6) is 1.90. The highest BCUT2D eigenvalue weighted by molar-refractivity contribution is 5.72. The van der Waals surface area contributed by atoms with E-state index < -0.39 is 0 Å². The predicted octanol–water partition coefficient (Wildman–Crippen LogP) is 4.16. The van der Waals surface area contributed by atoms with E-state index in [2.05, 4.69) is 32.1 Å². The van der Waals surface area contributed by atoms with Gasteiger partial charge in [0.2, 0.25) is 0 Å². The molecule has 0 amide bonds. The van der Waals surface area contributed by atoms with Gasteiger partial charge in [-0.3, -0.25) is 4.79 Å². The number of fused-ring (bicyclic) bond motifs is 6. The summed E-state index contributed by atoms with van der Waals surface area (Å²) in [5.41, 5.74) is 1.52.